The molecule has 7 nitrogen and oxygen atoms in total. The number of ether oxygens (including phenoxy) is 1. The van der Waals surface area contributed by atoms with Crippen LogP contribution in [0.3, 0.4) is 0 Å². The Labute approximate surface area is 181 Å². The molecule has 0 atom stereocenters. The number of amides is 3. The molecule has 0 spiro atoms. The first kappa shape index (κ1) is 23.3. The summed E-state index contributed by atoms with van der Waals surface area (Å²) in [5.41, 5.74) is -0.0788. The summed E-state index contributed by atoms with van der Waals surface area (Å²) in [6, 6.07) is 4.83. The summed E-state index contributed by atoms with van der Waals surface area (Å²) >= 11 is 11.9. The fourth-order valence-corrected chi connectivity index (χ4v) is 3.23. The zero-order valence-corrected chi connectivity index (χ0v) is 18.4. The van der Waals surface area contributed by atoms with Crippen molar-refractivity contribution in [2.24, 2.45) is 0 Å². The molecule has 1 aromatic carbocycles. The lowest BCUT2D eigenvalue weighted by molar-refractivity contribution is -0.121. The van der Waals surface area contributed by atoms with Crippen molar-refractivity contribution in [3.8, 4) is 0 Å². The van der Waals surface area contributed by atoms with Crippen molar-refractivity contribution in [2.45, 2.75) is 51.7 Å². The van der Waals surface area contributed by atoms with E-state index in [0.717, 1.165) is 0 Å². The molecule has 1 heterocycles. The Morgan fingerprint density at radius 2 is 1.79 bits per heavy atom. The lowest BCUT2D eigenvalue weighted by Crippen LogP contribution is -2.47. The number of benzene rings is 1. The molecular formula is C20H27Cl2N3O4. The summed E-state index contributed by atoms with van der Waals surface area (Å²) in [7, 11) is 0. The number of halogens is 2. The highest BCUT2D eigenvalue weighted by atomic mass is 35.5. The first-order valence-corrected chi connectivity index (χ1v) is 10.3. The lowest BCUT2D eigenvalue weighted by atomic mass is 10.0. The number of rotatable bonds is 5. The van der Waals surface area contributed by atoms with Crippen LogP contribution < -0.4 is 10.6 Å². The van der Waals surface area contributed by atoms with Crippen molar-refractivity contribution < 1.29 is 19.1 Å². The van der Waals surface area contributed by atoms with Crippen LogP contribution >= 0.6 is 23.2 Å². The second-order valence-electron chi connectivity index (χ2n) is 7.94. The first-order valence-electron chi connectivity index (χ1n) is 9.55. The third-order valence-corrected chi connectivity index (χ3v) is 5.07. The fourth-order valence-electron chi connectivity index (χ4n) is 2.93. The number of alkyl carbamates (subject to hydrolysis) is 1. The second kappa shape index (κ2) is 10.2. The predicted octanol–water partition coefficient (Wildman–Crippen LogP) is 3.63. The van der Waals surface area contributed by atoms with Crippen LogP contribution in [0.2, 0.25) is 10.0 Å². The van der Waals surface area contributed by atoms with Crippen molar-refractivity contribution >= 4 is 41.1 Å². The Hall–Kier alpha value is -1.99. The van der Waals surface area contributed by atoms with Gasteiger partial charge in [-0.25, -0.2) is 4.79 Å². The maximum atomic E-state index is 12.6. The summed E-state index contributed by atoms with van der Waals surface area (Å²) in [6.45, 7) is 6.61. The van der Waals surface area contributed by atoms with E-state index in [-0.39, 0.29) is 30.8 Å². The van der Waals surface area contributed by atoms with E-state index in [1.54, 1.807) is 43.9 Å². The van der Waals surface area contributed by atoms with Gasteiger partial charge in [0.2, 0.25) is 5.91 Å². The third-order valence-electron chi connectivity index (χ3n) is 4.33. The van der Waals surface area contributed by atoms with Gasteiger partial charge in [0, 0.05) is 37.7 Å². The zero-order valence-electron chi connectivity index (χ0n) is 16.9. The smallest absolute Gasteiger partial charge is 0.407 e. The highest BCUT2D eigenvalue weighted by Crippen LogP contribution is 2.24. The lowest BCUT2D eigenvalue weighted by Gasteiger charge is -2.32. The third kappa shape index (κ3) is 7.74. The van der Waals surface area contributed by atoms with Gasteiger partial charge in [0.1, 0.15) is 5.60 Å². The van der Waals surface area contributed by atoms with Crippen LogP contribution in [0, 0.1) is 0 Å². The zero-order chi connectivity index (χ0) is 21.6. The Morgan fingerprint density at radius 3 is 2.38 bits per heavy atom. The molecule has 0 aromatic heterocycles. The van der Waals surface area contributed by atoms with Gasteiger partial charge < -0.3 is 20.3 Å². The summed E-state index contributed by atoms with van der Waals surface area (Å²) in [4.78, 5) is 38.0. The Bertz CT molecular complexity index is 757. The van der Waals surface area contributed by atoms with Crippen molar-refractivity contribution in [3.05, 3.63) is 33.8 Å². The molecule has 160 valence electrons. The van der Waals surface area contributed by atoms with E-state index in [2.05, 4.69) is 10.6 Å². The molecule has 2 N–H and O–H groups in total. The summed E-state index contributed by atoms with van der Waals surface area (Å²) in [6.07, 6.45) is 0.956. The first-order chi connectivity index (χ1) is 13.5. The van der Waals surface area contributed by atoms with Gasteiger partial charge in [-0.15, -0.1) is 0 Å². The minimum absolute atomic E-state index is 0.00174. The van der Waals surface area contributed by atoms with Crippen molar-refractivity contribution in [1.82, 2.24) is 15.5 Å². The average molecular weight is 444 g/mol. The number of nitrogens with one attached hydrogen (secondary N) is 2. The molecule has 3 amide bonds. The normalized spacial score (nSPS) is 15.0. The van der Waals surface area contributed by atoms with Gasteiger partial charge in [-0.05, 0) is 51.8 Å². The van der Waals surface area contributed by atoms with Crippen LogP contribution in [0.1, 0.15) is 50.4 Å². The van der Waals surface area contributed by atoms with Gasteiger partial charge in [0.15, 0.2) is 0 Å². The summed E-state index contributed by atoms with van der Waals surface area (Å²) in [5.74, 6) is -0.245. The minimum atomic E-state index is -0.574. The molecule has 1 aromatic rings. The van der Waals surface area contributed by atoms with Gasteiger partial charge >= 0.3 is 6.09 Å². The molecule has 0 radical (unpaired) electrons. The number of carbonyl (C=O) groups excluding carboxylic acids is 3. The number of hydrogen-bond acceptors (Lipinski definition) is 4. The molecule has 9 heteroatoms. The van der Waals surface area contributed by atoms with Gasteiger partial charge in [-0.3, -0.25) is 9.59 Å². The predicted molar refractivity (Wildman–Crippen MR) is 112 cm³/mol. The SMILES string of the molecule is CC(C)(C)OC(=O)NCCC(=O)NC1CCN(C(=O)c2ccc(Cl)c(Cl)c2)CC1. The molecule has 1 saturated heterocycles. The van der Waals surface area contributed by atoms with Crippen LogP contribution in [0.25, 0.3) is 0 Å². The van der Waals surface area contributed by atoms with Crippen molar-refractivity contribution in [2.75, 3.05) is 19.6 Å². The highest BCUT2D eigenvalue weighted by Gasteiger charge is 2.25. The molecule has 0 bridgehead atoms. The topological polar surface area (TPSA) is 87.7 Å². The Kier molecular flexibility index (Phi) is 8.16. The summed E-state index contributed by atoms with van der Waals surface area (Å²) in [5, 5.41) is 6.27. The molecule has 0 aliphatic carbocycles. The average Bonchev–Trinajstić information content (AvgIpc) is 2.62. The number of hydrogen-bond donors (Lipinski definition) is 2. The fraction of sp³-hybridized carbons (Fsp3) is 0.550. The van der Waals surface area contributed by atoms with Gasteiger partial charge in [-0.2, -0.15) is 0 Å². The molecule has 29 heavy (non-hydrogen) atoms. The van der Waals surface area contributed by atoms with E-state index >= 15 is 0 Å². The molecule has 0 saturated carbocycles. The number of likely N-dealkylation sites (tertiary alicyclic amines) is 1. The second-order valence-corrected chi connectivity index (χ2v) is 8.76. The molecule has 1 aliphatic rings. The van der Waals surface area contributed by atoms with E-state index in [1.807, 2.05) is 0 Å². The number of nitrogens with zero attached hydrogens (tertiary/aromatic N) is 1. The van der Waals surface area contributed by atoms with Gasteiger partial charge in [-0.1, -0.05) is 23.2 Å². The Morgan fingerprint density at radius 1 is 1.14 bits per heavy atom. The molecule has 1 aliphatic heterocycles. The van der Waals surface area contributed by atoms with Crippen molar-refractivity contribution in [1.29, 1.82) is 0 Å². The largest absolute Gasteiger partial charge is 0.444 e. The maximum absolute atomic E-state index is 12.6. The monoisotopic (exact) mass is 443 g/mol. The maximum Gasteiger partial charge on any atom is 0.407 e. The number of carbonyl (C=O) groups is 3. The Balaban J connectivity index is 1.71. The molecule has 1 fully saturated rings. The van der Waals surface area contributed by atoms with E-state index in [9.17, 15) is 14.4 Å². The van der Waals surface area contributed by atoms with E-state index in [1.165, 1.54) is 0 Å². The van der Waals surface area contributed by atoms with Crippen LogP contribution in [-0.4, -0.2) is 54.1 Å². The van der Waals surface area contributed by atoms with E-state index in [4.69, 9.17) is 27.9 Å². The molecule has 2 rings (SSSR count). The molecule has 0 unspecified atom stereocenters. The van der Waals surface area contributed by atoms with Crippen LogP contribution in [0.15, 0.2) is 18.2 Å². The van der Waals surface area contributed by atoms with Gasteiger partial charge in [0.25, 0.3) is 5.91 Å². The van der Waals surface area contributed by atoms with Crippen LogP contribution in [-0.2, 0) is 9.53 Å². The van der Waals surface area contributed by atoms with E-state index < -0.39 is 11.7 Å². The van der Waals surface area contributed by atoms with E-state index in [0.29, 0.717) is 41.5 Å². The quantitative estimate of drug-likeness (QED) is 0.726. The van der Waals surface area contributed by atoms with Crippen LogP contribution in [0.4, 0.5) is 4.79 Å². The summed E-state index contributed by atoms with van der Waals surface area (Å²) < 4.78 is 5.12. The van der Waals surface area contributed by atoms with Gasteiger partial charge in [0.05, 0.1) is 10.0 Å². The standard InChI is InChI=1S/C20H27Cl2N3O4/c1-20(2,3)29-19(28)23-9-6-17(26)24-14-7-10-25(11-8-14)18(27)13-4-5-15(21)16(22)12-13/h4-5,12,14H,6-11H2,1-3H3,(H,23,28)(H,24,26). The highest BCUT2D eigenvalue weighted by molar-refractivity contribution is 6.42. The number of piperidine rings is 1. The van der Waals surface area contributed by atoms with Crippen LogP contribution in [0.5, 0.6) is 0 Å². The molecular weight excluding hydrogens is 417 g/mol. The minimum Gasteiger partial charge on any atom is -0.444 e. The van der Waals surface area contributed by atoms with Crippen molar-refractivity contribution in [3.63, 3.8) is 0 Å².